The van der Waals surface area contributed by atoms with Crippen LogP contribution in [0.15, 0.2) is 0 Å². The van der Waals surface area contributed by atoms with E-state index in [1.807, 2.05) is 0 Å². The number of carbonyl (C=O) groups is 2. The Morgan fingerprint density at radius 1 is 0.462 bits per heavy atom. The lowest BCUT2D eigenvalue weighted by Crippen LogP contribution is -1.97. The van der Waals surface area contributed by atoms with Gasteiger partial charge in [0.1, 0.15) is 11.6 Å². The third-order valence-electron chi connectivity index (χ3n) is 5.29. The standard InChI is InChI=1S/C24H46O2/c1-3-4-5-6-7-8-12-15-18-21-24(26)22-19-16-13-10-9-11-14-17-20-23(2)25/h3-22H2,1-2H3. The summed E-state index contributed by atoms with van der Waals surface area (Å²) in [6, 6.07) is 0. The Labute approximate surface area is 163 Å². The molecule has 0 rings (SSSR count). The Morgan fingerprint density at radius 3 is 1.12 bits per heavy atom. The summed E-state index contributed by atoms with van der Waals surface area (Å²) >= 11 is 0. The van der Waals surface area contributed by atoms with E-state index >= 15 is 0 Å². The van der Waals surface area contributed by atoms with Crippen LogP contribution in [0.5, 0.6) is 0 Å². The second-order valence-electron chi connectivity index (χ2n) is 8.15. The quantitative estimate of drug-likeness (QED) is 0.193. The van der Waals surface area contributed by atoms with Crippen LogP contribution in [0.2, 0.25) is 0 Å². The summed E-state index contributed by atoms with van der Waals surface area (Å²) in [5.41, 5.74) is 0. The summed E-state index contributed by atoms with van der Waals surface area (Å²) in [6.45, 7) is 3.94. The maximum atomic E-state index is 11.9. The number of hydrogen-bond donors (Lipinski definition) is 0. The smallest absolute Gasteiger partial charge is 0.132 e. The van der Waals surface area contributed by atoms with E-state index in [2.05, 4.69) is 6.92 Å². The van der Waals surface area contributed by atoms with Crippen LogP contribution >= 0.6 is 0 Å². The lowest BCUT2D eigenvalue weighted by atomic mass is 10.0. The highest BCUT2D eigenvalue weighted by atomic mass is 16.1. The van der Waals surface area contributed by atoms with Crippen molar-refractivity contribution in [1.82, 2.24) is 0 Å². The van der Waals surface area contributed by atoms with Crippen LogP contribution in [0.3, 0.4) is 0 Å². The topological polar surface area (TPSA) is 34.1 Å². The van der Waals surface area contributed by atoms with Crippen molar-refractivity contribution in [2.75, 3.05) is 0 Å². The molecule has 0 aromatic rings. The lowest BCUT2D eigenvalue weighted by molar-refractivity contribution is -0.119. The number of carbonyl (C=O) groups excluding carboxylic acids is 2. The monoisotopic (exact) mass is 366 g/mol. The van der Waals surface area contributed by atoms with Gasteiger partial charge in [-0.1, -0.05) is 96.8 Å². The average molecular weight is 367 g/mol. The number of unbranched alkanes of at least 4 members (excludes halogenated alkanes) is 15. The van der Waals surface area contributed by atoms with Crippen LogP contribution in [-0.2, 0) is 9.59 Å². The predicted molar refractivity (Wildman–Crippen MR) is 114 cm³/mol. The molecule has 0 saturated carbocycles. The van der Waals surface area contributed by atoms with Gasteiger partial charge in [0.15, 0.2) is 0 Å². The molecule has 0 atom stereocenters. The maximum absolute atomic E-state index is 11.9. The molecule has 0 unspecified atom stereocenters. The average Bonchev–Trinajstić information content (AvgIpc) is 2.61. The highest BCUT2D eigenvalue weighted by Gasteiger charge is 2.02. The fourth-order valence-corrected chi connectivity index (χ4v) is 3.51. The van der Waals surface area contributed by atoms with E-state index in [1.54, 1.807) is 6.92 Å². The second-order valence-corrected chi connectivity index (χ2v) is 8.15. The van der Waals surface area contributed by atoms with Gasteiger partial charge >= 0.3 is 0 Å². The minimum Gasteiger partial charge on any atom is -0.300 e. The van der Waals surface area contributed by atoms with E-state index in [-0.39, 0.29) is 0 Å². The van der Waals surface area contributed by atoms with Crippen LogP contribution in [0.4, 0.5) is 0 Å². The number of hydrogen-bond acceptors (Lipinski definition) is 2. The molecule has 0 aliphatic rings. The first kappa shape index (κ1) is 25.3. The van der Waals surface area contributed by atoms with Gasteiger partial charge in [0.25, 0.3) is 0 Å². The zero-order valence-corrected chi connectivity index (χ0v) is 18.0. The van der Waals surface area contributed by atoms with Gasteiger partial charge in [0.05, 0.1) is 0 Å². The molecule has 0 aromatic carbocycles. The molecule has 154 valence electrons. The molecule has 0 amide bonds. The molecule has 0 fully saturated rings. The Morgan fingerprint density at radius 2 is 0.769 bits per heavy atom. The Bertz CT molecular complexity index is 322. The number of Topliss-reactive ketones (excluding diaryl/α,β-unsaturated/α-hetero) is 2. The van der Waals surface area contributed by atoms with E-state index < -0.39 is 0 Å². The van der Waals surface area contributed by atoms with Gasteiger partial charge in [-0.2, -0.15) is 0 Å². The lowest BCUT2D eigenvalue weighted by Gasteiger charge is -2.03. The van der Waals surface area contributed by atoms with E-state index in [0.717, 1.165) is 38.5 Å². The van der Waals surface area contributed by atoms with Gasteiger partial charge < -0.3 is 4.79 Å². The van der Waals surface area contributed by atoms with E-state index in [0.29, 0.717) is 11.6 Å². The van der Waals surface area contributed by atoms with Crippen molar-refractivity contribution in [2.24, 2.45) is 0 Å². The minimum atomic E-state index is 0.317. The molecule has 0 N–H and O–H groups in total. The Kier molecular flexibility index (Phi) is 20.1. The predicted octanol–water partition coefficient (Wildman–Crippen LogP) is 7.97. The molecule has 0 spiro atoms. The first-order valence-electron chi connectivity index (χ1n) is 11.7. The minimum absolute atomic E-state index is 0.317. The fourth-order valence-electron chi connectivity index (χ4n) is 3.51. The van der Waals surface area contributed by atoms with Crippen LogP contribution < -0.4 is 0 Å². The molecule has 0 radical (unpaired) electrons. The highest BCUT2D eigenvalue weighted by molar-refractivity contribution is 5.78. The fraction of sp³-hybridized carbons (Fsp3) is 0.917. The van der Waals surface area contributed by atoms with Crippen LogP contribution in [0.25, 0.3) is 0 Å². The summed E-state index contributed by atoms with van der Waals surface area (Å²) in [5.74, 6) is 0.800. The van der Waals surface area contributed by atoms with Crippen molar-refractivity contribution < 1.29 is 9.59 Å². The molecule has 0 saturated heterocycles. The van der Waals surface area contributed by atoms with Gasteiger partial charge in [0.2, 0.25) is 0 Å². The summed E-state index contributed by atoms with van der Waals surface area (Å²) < 4.78 is 0. The van der Waals surface area contributed by atoms with E-state index in [1.165, 1.54) is 89.9 Å². The van der Waals surface area contributed by atoms with Crippen molar-refractivity contribution in [1.29, 1.82) is 0 Å². The SMILES string of the molecule is CCCCCCCCCCCC(=O)CCCCCCCCCCC(C)=O. The zero-order chi connectivity index (χ0) is 19.3. The summed E-state index contributed by atoms with van der Waals surface area (Å²) in [4.78, 5) is 22.7. The van der Waals surface area contributed by atoms with E-state index in [4.69, 9.17) is 0 Å². The molecular weight excluding hydrogens is 320 g/mol. The van der Waals surface area contributed by atoms with Crippen LogP contribution in [0, 0.1) is 0 Å². The number of ketones is 2. The first-order chi connectivity index (χ1) is 12.7. The molecular formula is C24H46O2. The number of rotatable bonds is 21. The van der Waals surface area contributed by atoms with Crippen molar-refractivity contribution in [2.45, 2.75) is 142 Å². The molecule has 0 heterocycles. The molecule has 2 heteroatoms. The Hall–Kier alpha value is -0.660. The van der Waals surface area contributed by atoms with E-state index in [9.17, 15) is 9.59 Å². The third kappa shape index (κ3) is 21.4. The van der Waals surface area contributed by atoms with Crippen molar-refractivity contribution in [3.63, 3.8) is 0 Å². The largest absolute Gasteiger partial charge is 0.300 e. The maximum Gasteiger partial charge on any atom is 0.132 e. The molecule has 0 aromatic heterocycles. The first-order valence-corrected chi connectivity index (χ1v) is 11.7. The summed E-state index contributed by atoms with van der Waals surface area (Å²) in [6.07, 6.45) is 23.9. The summed E-state index contributed by atoms with van der Waals surface area (Å²) in [5, 5.41) is 0. The molecule has 0 aliphatic heterocycles. The molecule has 26 heavy (non-hydrogen) atoms. The molecule has 0 aliphatic carbocycles. The van der Waals surface area contributed by atoms with Gasteiger partial charge in [0, 0.05) is 19.3 Å². The van der Waals surface area contributed by atoms with Crippen LogP contribution in [0.1, 0.15) is 142 Å². The second kappa shape index (κ2) is 20.6. The van der Waals surface area contributed by atoms with Gasteiger partial charge in [-0.25, -0.2) is 0 Å². The Balaban J connectivity index is 3.16. The van der Waals surface area contributed by atoms with Crippen LogP contribution in [-0.4, -0.2) is 11.6 Å². The van der Waals surface area contributed by atoms with Crippen molar-refractivity contribution >= 4 is 11.6 Å². The third-order valence-corrected chi connectivity index (χ3v) is 5.29. The molecule has 2 nitrogen and oxygen atoms in total. The normalized spacial score (nSPS) is 11.0. The van der Waals surface area contributed by atoms with Crippen molar-refractivity contribution in [3.8, 4) is 0 Å². The van der Waals surface area contributed by atoms with Gasteiger partial charge in [-0.3, -0.25) is 4.79 Å². The summed E-state index contributed by atoms with van der Waals surface area (Å²) in [7, 11) is 0. The molecule has 0 bridgehead atoms. The van der Waals surface area contributed by atoms with Gasteiger partial charge in [-0.15, -0.1) is 0 Å². The van der Waals surface area contributed by atoms with Crippen molar-refractivity contribution in [3.05, 3.63) is 0 Å². The van der Waals surface area contributed by atoms with Gasteiger partial charge in [-0.05, 0) is 26.2 Å². The zero-order valence-electron chi connectivity index (χ0n) is 18.0. The highest BCUT2D eigenvalue weighted by Crippen LogP contribution is 2.13.